The molecule has 0 atom stereocenters. The molecule has 0 aliphatic heterocycles. The van der Waals surface area contributed by atoms with Crippen molar-refractivity contribution in [1.29, 1.82) is 0 Å². The average Bonchev–Trinajstić information content (AvgIpc) is 2.49. The number of amides is 1. The van der Waals surface area contributed by atoms with Gasteiger partial charge in [-0.15, -0.1) is 0 Å². The van der Waals surface area contributed by atoms with Crippen LogP contribution in [0.15, 0.2) is 59.0 Å². The highest BCUT2D eigenvalue weighted by atomic mass is 35.5. The molecule has 0 radical (unpaired) electrons. The number of allylic oxidation sites excluding steroid dienone is 1. The van der Waals surface area contributed by atoms with E-state index in [0.29, 0.717) is 5.02 Å². The first-order valence-corrected chi connectivity index (χ1v) is 9.08. The van der Waals surface area contributed by atoms with Gasteiger partial charge in [-0.25, -0.2) is 12.8 Å². The molecule has 8 heteroatoms. The van der Waals surface area contributed by atoms with Gasteiger partial charge in [-0.2, -0.15) is 0 Å². The minimum atomic E-state index is -4.17. The highest BCUT2D eigenvalue weighted by molar-refractivity contribution is 7.92. The lowest BCUT2D eigenvalue weighted by atomic mass is 10.2. The second-order valence-electron chi connectivity index (χ2n) is 5.44. The molecule has 1 amide bonds. The fraction of sp³-hybridized carbons (Fsp3) is 0.118. The predicted molar refractivity (Wildman–Crippen MR) is 96.7 cm³/mol. The monoisotopic (exact) mass is 382 g/mol. The van der Waals surface area contributed by atoms with E-state index in [0.717, 1.165) is 17.7 Å². The summed E-state index contributed by atoms with van der Waals surface area (Å²) in [4.78, 5) is 11.4. The molecule has 5 nitrogen and oxygen atoms in total. The molecule has 2 N–H and O–H groups in total. The van der Waals surface area contributed by atoms with E-state index in [1.807, 2.05) is 0 Å². The van der Waals surface area contributed by atoms with E-state index in [-0.39, 0.29) is 11.4 Å². The van der Waals surface area contributed by atoms with Gasteiger partial charge in [0.2, 0.25) is 5.91 Å². The Morgan fingerprint density at radius 3 is 2.44 bits per heavy atom. The van der Waals surface area contributed by atoms with E-state index in [1.54, 1.807) is 13.8 Å². The molecule has 0 saturated carbocycles. The van der Waals surface area contributed by atoms with Gasteiger partial charge in [0.1, 0.15) is 10.7 Å². The maximum Gasteiger partial charge on any atom is 0.264 e. The van der Waals surface area contributed by atoms with Crippen molar-refractivity contribution in [3.05, 3.63) is 65.0 Å². The van der Waals surface area contributed by atoms with Gasteiger partial charge in [-0.3, -0.25) is 9.52 Å². The minimum Gasteiger partial charge on any atom is -0.321 e. The van der Waals surface area contributed by atoms with Crippen LogP contribution in [0.5, 0.6) is 0 Å². The highest BCUT2D eigenvalue weighted by Crippen LogP contribution is 2.28. The molecule has 0 aliphatic rings. The standard InChI is InChI=1S/C17H16ClFN2O3S/c1-11(2)9-17(22)20-15-10-12(18)7-8-14(15)21-25(23,24)16-6-4-3-5-13(16)19/h3-10,21H,1-2H3,(H,20,22). The first kappa shape index (κ1) is 19.0. The number of hydrogen-bond donors (Lipinski definition) is 2. The van der Waals surface area contributed by atoms with Gasteiger partial charge in [-0.05, 0) is 44.2 Å². The van der Waals surface area contributed by atoms with Crippen molar-refractivity contribution in [3.63, 3.8) is 0 Å². The normalized spacial score (nSPS) is 10.9. The van der Waals surface area contributed by atoms with E-state index in [9.17, 15) is 17.6 Å². The van der Waals surface area contributed by atoms with E-state index >= 15 is 0 Å². The van der Waals surface area contributed by atoms with E-state index in [4.69, 9.17) is 11.6 Å². The molecule has 2 aromatic rings. The second kappa shape index (κ2) is 7.67. The van der Waals surface area contributed by atoms with Gasteiger partial charge < -0.3 is 5.32 Å². The molecule has 0 unspecified atom stereocenters. The Morgan fingerprint density at radius 1 is 1.12 bits per heavy atom. The summed E-state index contributed by atoms with van der Waals surface area (Å²) >= 11 is 5.92. The lowest BCUT2D eigenvalue weighted by Crippen LogP contribution is -2.17. The molecular weight excluding hydrogens is 367 g/mol. The summed E-state index contributed by atoms with van der Waals surface area (Å²) in [5.74, 6) is -1.31. The zero-order valence-corrected chi connectivity index (χ0v) is 15.1. The van der Waals surface area contributed by atoms with Crippen LogP contribution in [0.1, 0.15) is 13.8 Å². The molecule has 0 aromatic heterocycles. The lowest BCUT2D eigenvalue weighted by Gasteiger charge is -2.14. The molecule has 2 aromatic carbocycles. The number of halogens is 2. The summed E-state index contributed by atoms with van der Waals surface area (Å²) in [6.07, 6.45) is 1.36. The summed E-state index contributed by atoms with van der Waals surface area (Å²) in [7, 11) is -4.17. The third kappa shape index (κ3) is 5.04. The molecular formula is C17H16ClFN2O3S. The van der Waals surface area contributed by atoms with Crippen LogP contribution in [0.2, 0.25) is 5.02 Å². The molecule has 0 bridgehead atoms. The third-order valence-electron chi connectivity index (χ3n) is 3.03. The smallest absolute Gasteiger partial charge is 0.264 e. The van der Waals surface area contributed by atoms with E-state index < -0.39 is 26.6 Å². The number of rotatable bonds is 5. The summed E-state index contributed by atoms with van der Waals surface area (Å²) in [6.45, 7) is 3.50. The largest absolute Gasteiger partial charge is 0.321 e. The fourth-order valence-corrected chi connectivity index (χ4v) is 3.33. The third-order valence-corrected chi connectivity index (χ3v) is 4.66. The Labute approximate surface area is 150 Å². The number of hydrogen-bond acceptors (Lipinski definition) is 3. The molecule has 132 valence electrons. The number of sulfonamides is 1. The van der Waals surface area contributed by atoms with Gasteiger partial charge in [0, 0.05) is 11.1 Å². The molecule has 0 fully saturated rings. The van der Waals surface area contributed by atoms with E-state index in [1.165, 1.54) is 36.4 Å². The van der Waals surface area contributed by atoms with Gasteiger partial charge in [-0.1, -0.05) is 29.3 Å². The molecule has 0 spiro atoms. The summed E-state index contributed by atoms with van der Waals surface area (Å²) in [5, 5.41) is 2.86. The van der Waals surface area contributed by atoms with Crippen molar-refractivity contribution < 1.29 is 17.6 Å². The van der Waals surface area contributed by atoms with Crippen LogP contribution in [0.4, 0.5) is 15.8 Å². The van der Waals surface area contributed by atoms with Gasteiger partial charge in [0.05, 0.1) is 11.4 Å². The van der Waals surface area contributed by atoms with Gasteiger partial charge in [0.15, 0.2) is 0 Å². The molecule has 0 heterocycles. The maximum absolute atomic E-state index is 13.8. The SMILES string of the molecule is CC(C)=CC(=O)Nc1cc(Cl)ccc1NS(=O)(=O)c1ccccc1F. The van der Waals surface area contributed by atoms with Crippen molar-refractivity contribution in [3.8, 4) is 0 Å². The number of carbonyl (C=O) groups is 1. The Balaban J connectivity index is 2.38. The molecule has 25 heavy (non-hydrogen) atoms. The Bertz CT molecular complexity index is 939. The van der Waals surface area contributed by atoms with Crippen molar-refractivity contribution in [1.82, 2.24) is 0 Å². The van der Waals surface area contributed by atoms with Crippen molar-refractivity contribution in [2.45, 2.75) is 18.7 Å². The molecule has 0 aliphatic carbocycles. The molecule has 2 rings (SSSR count). The minimum absolute atomic E-state index is 0.0724. The highest BCUT2D eigenvalue weighted by Gasteiger charge is 2.20. The summed E-state index contributed by atoms with van der Waals surface area (Å²) < 4.78 is 40.9. The predicted octanol–water partition coefficient (Wildman–Crippen LogP) is 4.18. The van der Waals surface area contributed by atoms with Crippen LogP contribution in [-0.2, 0) is 14.8 Å². The Kier molecular flexibility index (Phi) is 5.81. The zero-order chi connectivity index (χ0) is 18.6. The summed E-state index contributed by atoms with van der Waals surface area (Å²) in [5.41, 5.74) is 1.01. The van der Waals surface area contributed by atoms with Gasteiger partial charge in [0.25, 0.3) is 10.0 Å². The van der Waals surface area contributed by atoms with Crippen LogP contribution < -0.4 is 10.0 Å². The summed E-state index contributed by atoms with van der Waals surface area (Å²) in [6, 6.07) is 9.25. The molecule has 0 saturated heterocycles. The second-order valence-corrected chi connectivity index (χ2v) is 7.52. The average molecular weight is 383 g/mol. The van der Waals surface area contributed by atoms with Gasteiger partial charge >= 0.3 is 0 Å². The Morgan fingerprint density at radius 2 is 1.80 bits per heavy atom. The Hall–Kier alpha value is -2.38. The van der Waals surface area contributed by atoms with Crippen LogP contribution >= 0.6 is 11.6 Å². The number of anilines is 2. The van der Waals surface area contributed by atoms with Crippen LogP contribution in [0.25, 0.3) is 0 Å². The van der Waals surface area contributed by atoms with Crippen LogP contribution in [0.3, 0.4) is 0 Å². The van der Waals surface area contributed by atoms with Crippen molar-refractivity contribution in [2.24, 2.45) is 0 Å². The quantitative estimate of drug-likeness (QED) is 0.761. The first-order chi connectivity index (χ1) is 11.7. The fourth-order valence-electron chi connectivity index (χ4n) is 2.00. The first-order valence-electron chi connectivity index (χ1n) is 7.22. The lowest BCUT2D eigenvalue weighted by molar-refractivity contribution is -0.111. The zero-order valence-electron chi connectivity index (χ0n) is 13.5. The van der Waals surface area contributed by atoms with Crippen molar-refractivity contribution >= 4 is 38.9 Å². The van der Waals surface area contributed by atoms with Crippen molar-refractivity contribution in [2.75, 3.05) is 10.0 Å². The topological polar surface area (TPSA) is 75.3 Å². The maximum atomic E-state index is 13.8. The number of benzene rings is 2. The number of nitrogens with one attached hydrogen (secondary N) is 2. The van der Waals surface area contributed by atoms with E-state index in [2.05, 4.69) is 10.0 Å². The number of carbonyl (C=O) groups excluding carboxylic acids is 1. The van der Waals surface area contributed by atoms with Crippen LogP contribution in [0, 0.1) is 5.82 Å². The van der Waals surface area contributed by atoms with Crippen LogP contribution in [-0.4, -0.2) is 14.3 Å².